The van der Waals surface area contributed by atoms with Crippen molar-refractivity contribution < 1.29 is 4.79 Å². The Bertz CT molecular complexity index is 1100. The highest BCUT2D eigenvalue weighted by Crippen LogP contribution is 2.32. The molecule has 0 unspecified atom stereocenters. The first-order chi connectivity index (χ1) is 15.3. The van der Waals surface area contributed by atoms with Crippen LogP contribution >= 0.6 is 0 Å². The second-order valence-corrected chi connectivity index (χ2v) is 9.03. The number of carbonyl (C=O) groups is 1. The van der Waals surface area contributed by atoms with E-state index in [-0.39, 0.29) is 23.6 Å². The Balaban J connectivity index is 1.59. The van der Waals surface area contributed by atoms with E-state index in [2.05, 4.69) is 51.0 Å². The summed E-state index contributed by atoms with van der Waals surface area (Å²) in [5, 5.41) is 20.1. The van der Waals surface area contributed by atoms with Gasteiger partial charge in [0.2, 0.25) is 5.95 Å². The fourth-order valence-corrected chi connectivity index (χ4v) is 3.82. The van der Waals surface area contributed by atoms with Crippen molar-refractivity contribution in [3.05, 3.63) is 30.1 Å². The maximum atomic E-state index is 11.9. The van der Waals surface area contributed by atoms with Gasteiger partial charge >= 0.3 is 0 Å². The summed E-state index contributed by atoms with van der Waals surface area (Å²) in [4.78, 5) is 16.4. The van der Waals surface area contributed by atoms with Crippen LogP contribution in [0.5, 0.6) is 0 Å². The Morgan fingerprint density at radius 3 is 2.66 bits per heavy atom. The molecule has 32 heavy (non-hydrogen) atoms. The van der Waals surface area contributed by atoms with Gasteiger partial charge in [0.15, 0.2) is 11.5 Å². The van der Waals surface area contributed by atoms with Gasteiger partial charge in [0.05, 0.1) is 11.6 Å². The second kappa shape index (κ2) is 9.07. The van der Waals surface area contributed by atoms with E-state index in [0.717, 1.165) is 23.0 Å². The molecule has 2 heterocycles. The Morgan fingerprint density at radius 1 is 1.25 bits per heavy atom. The van der Waals surface area contributed by atoms with Crippen molar-refractivity contribution in [3.63, 3.8) is 0 Å². The van der Waals surface area contributed by atoms with Crippen molar-refractivity contribution in [1.82, 2.24) is 25.0 Å². The molecule has 0 aliphatic heterocycles. The summed E-state index contributed by atoms with van der Waals surface area (Å²) in [6, 6.07) is 6.16. The van der Waals surface area contributed by atoms with E-state index >= 15 is 0 Å². The van der Waals surface area contributed by atoms with Crippen molar-refractivity contribution in [2.75, 3.05) is 10.6 Å². The normalized spacial score (nSPS) is 16.0. The summed E-state index contributed by atoms with van der Waals surface area (Å²) in [6.45, 7) is 6.19. The number of fused-ring (bicyclic) bond motifs is 1. The molecule has 1 fully saturated rings. The predicted octanol–water partition coefficient (Wildman–Crippen LogP) is 2.96. The van der Waals surface area contributed by atoms with Crippen molar-refractivity contribution >= 4 is 34.3 Å². The first kappa shape index (κ1) is 21.9. The van der Waals surface area contributed by atoms with E-state index in [4.69, 9.17) is 11.5 Å². The molecule has 0 spiro atoms. The third kappa shape index (κ3) is 4.80. The lowest BCUT2D eigenvalue weighted by molar-refractivity contribution is 0.0995. The van der Waals surface area contributed by atoms with E-state index < -0.39 is 5.91 Å². The predicted molar refractivity (Wildman–Crippen MR) is 125 cm³/mol. The van der Waals surface area contributed by atoms with Gasteiger partial charge in [-0.2, -0.15) is 10.1 Å². The van der Waals surface area contributed by atoms with Crippen LogP contribution in [0.2, 0.25) is 0 Å². The molecule has 10 heteroatoms. The minimum Gasteiger partial charge on any atom is -0.364 e. The Morgan fingerprint density at radius 2 is 2.03 bits per heavy atom. The van der Waals surface area contributed by atoms with Crippen LogP contribution in [0, 0.1) is 5.92 Å². The zero-order chi connectivity index (χ0) is 22.8. The molecular weight excluding hydrogens is 406 g/mol. The number of hydrogen-bond donors (Lipinski definition) is 4. The van der Waals surface area contributed by atoms with Gasteiger partial charge in [0.25, 0.3) is 5.91 Å². The molecule has 1 aliphatic carbocycles. The molecule has 4 rings (SSSR count). The quantitative estimate of drug-likeness (QED) is 0.399. The summed E-state index contributed by atoms with van der Waals surface area (Å²) in [5.74, 6) is 0.276. The maximum Gasteiger partial charge on any atom is 0.273 e. The Kier molecular flexibility index (Phi) is 6.22. The highest BCUT2D eigenvalue weighted by Gasteiger charge is 2.21. The third-order valence-corrected chi connectivity index (χ3v) is 5.83. The highest BCUT2D eigenvalue weighted by molar-refractivity contribution is 5.96. The van der Waals surface area contributed by atoms with Crippen LogP contribution in [-0.2, 0) is 0 Å². The fraction of sp³-hybridized carbons (Fsp3) is 0.500. The van der Waals surface area contributed by atoms with Gasteiger partial charge in [-0.05, 0) is 56.7 Å². The van der Waals surface area contributed by atoms with Gasteiger partial charge in [0.1, 0.15) is 0 Å². The minimum absolute atomic E-state index is 0.0259. The van der Waals surface area contributed by atoms with Crippen LogP contribution in [0.1, 0.15) is 63.0 Å². The van der Waals surface area contributed by atoms with Crippen LogP contribution < -0.4 is 22.1 Å². The summed E-state index contributed by atoms with van der Waals surface area (Å²) in [7, 11) is 0. The van der Waals surface area contributed by atoms with E-state index in [1.807, 2.05) is 29.8 Å². The number of primary amides is 1. The average molecular weight is 438 g/mol. The molecule has 1 aromatic carbocycles. The monoisotopic (exact) mass is 437 g/mol. The summed E-state index contributed by atoms with van der Waals surface area (Å²) >= 11 is 0. The van der Waals surface area contributed by atoms with Crippen LogP contribution in [0.4, 0.5) is 17.5 Å². The van der Waals surface area contributed by atoms with Crippen LogP contribution in [0.25, 0.3) is 10.9 Å². The molecule has 2 aromatic heterocycles. The second-order valence-electron chi connectivity index (χ2n) is 9.03. The molecule has 1 saturated carbocycles. The number of nitrogens with zero attached hydrogens (tertiary/aromatic N) is 5. The van der Waals surface area contributed by atoms with E-state index in [9.17, 15) is 4.79 Å². The molecule has 6 N–H and O–H groups in total. The number of nitrogens with one attached hydrogen (secondary N) is 2. The molecule has 0 saturated heterocycles. The van der Waals surface area contributed by atoms with Gasteiger partial charge in [-0.1, -0.05) is 13.8 Å². The number of hydrogen-bond acceptors (Lipinski definition) is 8. The van der Waals surface area contributed by atoms with Crippen molar-refractivity contribution in [2.24, 2.45) is 17.4 Å². The summed E-state index contributed by atoms with van der Waals surface area (Å²) < 4.78 is 2.05. The smallest absolute Gasteiger partial charge is 0.273 e. The van der Waals surface area contributed by atoms with E-state index in [1.165, 1.54) is 19.3 Å². The first-order valence-electron chi connectivity index (χ1n) is 11.1. The Hall–Kier alpha value is -3.27. The number of amides is 1. The number of aromatic nitrogens is 5. The molecule has 0 bridgehead atoms. The maximum absolute atomic E-state index is 11.9. The van der Waals surface area contributed by atoms with Gasteiger partial charge < -0.3 is 22.1 Å². The standard InChI is InChI=1S/C22H31N9O/c1-12(2)9-18(13(3)23)26-22-27-21(19(20(24)32)28-29-22)25-15-7-8-17-14(10-15)11-31(30-17)16-5-4-6-16/h7-8,10-13,16,18H,4-6,9,23H2,1-3H3,(H2,24,32)(H2,25,26,27,29)/t13-,18-/m0/s1. The molecule has 1 aliphatic rings. The minimum atomic E-state index is -0.705. The fourth-order valence-electron chi connectivity index (χ4n) is 3.82. The van der Waals surface area contributed by atoms with E-state index in [1.54, 1.807) is 0 Å². The lowest BCUT2D eigenvalue weighted by Crippen LogP contribution is -2.39. The summed E-state index contributed by atoms with van der Waals surface area (Å²) in [5.41, 5.74) is 13.3. The van der Waals surface area contributed by atoms with Crippen molar-refractivity contribution in [1.29, 1.82) is 0 Å². The number of nitrogens with two attached hydrogens (primary N) is 2. The SMILES string of the molecule is CC(C)C[C@H](Nc1nnc(C(N)=O)c(Nc2ccc3nn(C4CCC4)cc3c2)n1)[C@H](C)N. The number of carbonyl (C=O) groups excluding carboxylic acids is 1. The molecule has 3 aromatic rings. The number of benzene rings is 1. The number of anilines is 3. The molecule has 170 valence electrons. The molecular formula is C22H31N9O. The molecule has 0 radical (unpaired) electrons. The summed E-state index contributed by atoms with van der Waals surface area (Å²) in [6.07, 6.45) is 6.50. The highest BCUT2D eigenvalue weighted by atomic mass is 16.1. The largest absolute Gasteiger partial charge is 0.364 e. The third-order valence-electron chi connectivity index (χ3n) is 5.83. The lowest BCUT2D eigenvalue weighted by atomic mass is 9.93. The first-order valence-corrected chi connectivity index (χ1v) is 11.1. The average Bonchev–Trinajstić information content (AvgIpc) is 3.08. The molecule has 1 amide bonds. The molecule has 10 nitrogen and oxygen atoms in total. The zero-order valence-corrected chi connectivity index (χ0v) is 18.7. The van der Waals surface area contributed by atoms with Crippen molar-refractivity contribution in [3.8, 4) is 0 Å². The van der Waals surface area contributed by atoms with Crippen LogP contribution in [-0.4, -0.2) is 43.0 Å². The molecule has 2 atom stereocenters. The van der Waals surface area contributed by atoms with Crippen LogP contribution in [0.15, 0.2) is 24.4 Å². The topological polar surface area (TPSA) is 150 Å². The van der Waals surface area contributed by atoms with E-state index in [0.29, 0.717) is 17.9 Å². The van der Waals surface area contributed by atoms with Gasteiger partial charge in [-0.3, -0.25) is 9.48 Å². The van der Waals surface area contributed by atoms with Crippen LogP contribution in [0.3, 0.4) is 0 Å². The zero-order valence-electron chi connectivity index (χ0n) is 18.7. The Labute approximate surface area is 187 Å². The number of rotatable bonds is 9. The van der Waals surface area contributed by atoms with Gasteiger partial charge in [-0.15, -0.1) is 10.2 Å². The van der Waals surface area contributed by atoms with Gasteiger partial charge in [0, 0.05) is 29.4 Å². The van der Waals surface area contributed by atoms with Crippen molar-refractivity contribution in [2.45, 2.75) is 64.6 Å². The van der Waals surface area contributed by atoms with Gasteiger partial charge in [-0.25, -0.2) is 0 Å². The lowest BCUT2D eigenvalue weighted by Gasteiger charge is -2.25.